The van der Waals surface area contributed by atoms with Gasteiger partial charge in [0, 0.05) is 13.0 Å². The van der Waals surface area contributed by atoms with E-state index in [-0.39, 0.29) is 25.8 Å². The number of carboxylic acid groups (broad SMARTS) is 1. The summed E-state index contributed by atoms with van der Waals surface area (Å²) in [5.41, 5.74) is 15.6. The van der Waals surface area contributed by atoms with E-state index < -0.39 is 72.2 Å². The first-order valence-electron chi connectivity index (χ1n) is 9.99. The van der Waals surface area contributed by atoms with E-state index in [4.69, 9.17) is 17.2 Å². The molecule has 0 saturated carbocycles. The lowest BCUT2D eigenvalue weighted by Crippen LogP contribution is -2.60. The number of hydrogen-bond acceptors (Lipinski definition) is 8. The van der Waals surface area contributed by atoms with Crippen LogP contribution in [0, 0.1) is 0 Å². The topological polar surface area (TPSA) is 248 Å². The van der Waals surface area contributed by atoms with Crippen LogP contribution in [0.3, 0.4) is 0 Å². The fraction of sp³-hybridized carbons (Fsp3) is 0.667. The van der Waals surface area contributed by atoms with Crippen LogP contribution < -0.4 is 27.8 Å². The molecule has 1 heterocycles. The molecule has 0 aromatic heterocycles. The zero-order chi connectivity index (χ0) is 24.6. The lowest BCUT2D eigenvalue weighted by Gasteiger charge is -2.29. The van der Waals surface area contributed by atoms with Crippen molar-refractivity contribution in [1.29, 1.82) is 0 Å². The number of nitrogens with one attached hydrogen (secondary N) is 2. The highest BCUT2D eigenvalue weighted by Gasteiger charge is 2.39. The predicted molar refractivity (Wildman–Crippen MR) is 108 cm³/mol. The Labute approximate surface area is 183 Å². The lowest BCUT2D eigenvalue weighted by atomic mass is 10.1. The van der Waals surface area contributed by atoms with Gasteiger partial charge in [-0.15, -0.1) is 0 Å². The van der Waals surface area contributed by atoms with Crippen molar-refractivity contribution in [2.45, 2.75) is 69.3 Å². The van der Waals surface area contributed by atoms with Gasteiger partial charge in [0.15, 0.2) is 0 Å². The third-order valence-electron chi connectivity index (χ3n) is 4.94. The van der Waals surface area contributed by atoms with Crippen LogP contribution in [0.25, 0.3) is 0 Å². The Morgan fingerprint density at radius 2 is 1.69 bits per heavy atom. The van der Waals surface area contributed by atoms with Gasteiger partial charge in [-0.3, -0.25) is 24.0 Å². The number of nitrogens with zero attached hydrogens (tertiary/aromatic N) is 1. The molecule has 1 aliphatic heterocycles. The highest BCUT2D eigenvalue weighted by atomic mass is 16.4. The van der Waals surface area contributed by atoms with Gasteiger partial charge in [0.05, 0.1) is 18.6 Å². The van der Waals surface area contributed by atoms with Crippen molar-refractivity contribution in [2.75, 3.05) is 6.54 Å². The number of carbonyl (C=O) groups excluding carboxylic acids is 5. The molecule has 14 heteroatoms. The second-order valence-electron chi connectivity index (χ2n) is 7.60. The summed E-state index contributed by atoms with van der Waals surface area (Å²) in [7, 11) is 0. The molecule has 180 valence electrons. The number of primary amides is 2. The number of amides is 5. The summed E-state index contributed by atoms with van der Waals surface area (Å²) >= 11 is 0. The SMILES string of the molecule is CC(O)C(NC(=O)C(N)CC(N)=O)C(=O)NC(CCC(N)=O)C(=O)N1CCCC1C(=O)O. The number of nitrogens with two attached hydrogens (primary N) is 3. The number of hydrogen-bond donors (Lipinski definition) is 7. The van der Waals surface area contributed by atoms with Crippen molar-refractivity contribution in [2.24, 2.45) is 17.2 Å². The summed E-state index contributed by atoms with van der Waals surface area (Å²) in [5, 5.41) is 23.8. The minimum absolute atomic E-state index is 0.150. The molecule has 1 rings (SSSR count). The van der Waals surface area contributed by atoms with Crippen molar-refractivity contribution in [1.82, 2.24) is 15.5 Å². The smallest absolute Gasteiger partial charge is 0.326 e. The zero-order valence-electron chi connectivity index (χ0n) is 17.7. The molecule has 5 unspecified atom stereocenters. The number of aliphatic carboxylic acids is 1. The standard InChI is InChI=1S/C18H30N6O8/c1-8(25)14(23-15(28)9(19)7-13(21)27)16(29)22-10(4-5-12(20)26)17(30)24-6-2-3-11(24)18(31)32/h8-11,14,25H,2-7,19H2,1H3,(H2,20,26)(H2,21,27)(H,22,29)(H,23,28)(H,31,32). The first-order valence-corrected chi connectivity index (χ1v) is 9.99. The first-order chi connectivity index (χ1) is 14.8. The maximum atomic E-state index is 12.9. The van der Waals surface area contributed by atoms with Crippen LogP contribution in [0.1, 0.15) is 39.0 Å². The number of carbonyl (C=O) groups is 6. The first kappa shape index (κ1) is 26.8. The summed E-state index contributed by atoms with van der Waals surface area (Å²) in [6.07, 6.45) is -1.73. The molecule has 0 aliphatic carbocycles. The Bertz CT molecular complexity index is 758. The molecular formula is C18H30N6O8. The minimum atomic E-state index is -1.56. The van der Waals surface area contributed by atoms with E-state index in [1.54, 1.807) is 0 Å². The Hall–Kier alpha value is -3.26. The van der Waals surface area contributed by atoms with E-state index in [0.29, 0.717) is 6.42 Å². The lowest BCUT2D eigenvalue weighted by molar-refractivity contribution is -0.149. The average Bonchev–Trinajstić information content (AvgIpc) is 3.17. The average molecular weight is 458 g/mol. The van der Waals surface area contributed by atoms with Crippen molar-refractivity contribution < 1.29 is 39.0 Å². The maximum Gasteiger partial charge on any atom is 0.326 e. The molecule has 14 nitrogen and oxygen atoms in total. The van der Waals surface area contributed by atoms with Crippen LogP contribution in [0.2, 0.25) is 0 Å². The summed E-state index contributed by atoms with van der Waals surface area (Å²) in [6.45, 7) is 1.35. The van der Waals surface area contributed by atoms with Crippen LogP contribution in [0.5, 0.6) is 0 Å². The summed E-state index contributed by atoms with van der Waals surface area (Å²) in [5.74, 6) is -5.43. The summed E-state index contributed by atoms with van der Waals surface area (Å²) in [6, 6.07) is -5.32. The number of aliphatic hydroxyl groups is 1. The molecule has 1 fully saturated rings. The Balaban J connectivity index is 2.99. The van der Waals surface area contributed by atoms with Gasteiger partial charge in [0.1, 0.15) is 18.1 Å². The fourth-order valence-electron chi connectivity index (χ4n) is 3.27. The molecule has 0 aromatic carbocycles. The van der Waals surface area contributed by atoms with Gasteiger partial charge in [-0.25, -0.2) is 4.79 Å². The highest BCUT2D eigenvalue weighted by molar-refractivity contribution is 5.95. The number of carboxylic acids is 1. The normalized spacial score (nSPS) is 19.3. The summed E-state index contributed by atoms with van der Waals surface area (Å²) < 4.78 is 0. The minimum Gasteiger partial charge on any atom is -0.480 e. The number of rotatable bonds is 12. The van der Waals surface area contributed by atoms with Crippen LogP contribution in [0.15, 0.2) is 0 Å². The highest BCUT2D eigenvalue weighted by Crippen LogP contribution is 2.19. The molecule has 0 bridgehead atoms. The Morgan fingerprint density at radius 1 is 1.06 bits per heavy atom. The molecule has 1 saturated heterocycles. The van der Waals surface area contributed by atoms with Gasteiger partial charge >= 0.3 is 5.97 Å². The third-order valence-corrected chi connectivity index (χ3v) is 4.94. The Kier molecular flexibility index (Phi) is 10.00. The van der Waals surface area contributed by atoms with Gasteiger partial charge in [-0.2, -0.15) is 0 Å². The van der Waals surface area contributed by atoms with E-state index in [1.165, 1.54) is 6.92 Å². The number of aliphatic hydroxyl groups excluding tert-OH is 1. The van der Waals surface area contributed by atoms with Crippen molar-refractivity contribution in [3.05, 3.63) is 0 Å². The van der Waals surface area contributed by atoms with E-state index in [0.717, 1.165) is 4.90 Å². The van der Waals surface area contributed by atoms with E-state index in [2.05, 4.69) is 10.6 Å². The van der Waals surface area contributed by atoms with Crippen molar-refractivity contribution in [3.8, 4) is 0 Å². The van der Waals surface area contributed by atoms with Crippen LogP contribution in [0.4, 0.5) is 0 Å². The van der Waals surface area contributed by atoms with Gasteiger partial charge in [0.2, 0.25) is 29.5 Å². The summed E-state index contributed by atoms with van der Waals surface area (Å²) in [4.78, 5) is 72.4. The molecule has 10 N–H and O–H groups in total. The van der Waals surface area contributed by atoms with Crippen molar-refractivity contribution in [3.63, 3.8) is 0 Å². The van der Waals surface area contributed by atoms with Gasteiger partial charge in [-0.05, 0) is 26.2 Å². The van der Waals surface area contributed by atoms with E-state index >= 15 is 0 Å². The molecule has 0 aromatic rings. The van der Waals surface area contributed by atoms with Crippen LogP contribution >= 0.6 is 0 Å². The molecule has 0 radical (unpaired) electrons. The molecular weight excluding hydrogens is 428 g/mol. The second kappa shape index (κ2) is 12.0. The maximum absolute atomic E-state index is 12.9. The van der Waals surface area contributed by atoms with E-state index in [1.807, 2.05) is 0 Å². The molecule has 1 aliphatic rings. The Morgan fingerprint density at radius 3 is 2.19 bits per heavy atom. The molecule has 32 heavy (non-hydrogen) atoms. The number of likely N-dealkylation sites (tertiary alicyclic amines) is 1. The quantitative estimate of drug-likeness (QED) is 0.150. The van der Waals surface area contributed by atoms with Gasteiger partial charge < -0.3 is 42.9 Å². The van der Waals surface area contributed by atoms with Crippen LogP contribution in [-0.2, 0) is 28.8 Å². The monoisotopic (exact) mass is 458 g/mol. The zero-order valence-corrected chi connectivity index (χ0v) is 17.7. The fourth-order valence-corrected chi connectivity index (χ4v) is 3.27. The molecule has 0 spiro atoms. The van der Waals surface area contributed by atoms with Gasteiger partial charge in [0.25, 0.3) is 0 Å². The van der Waals surface area contributed by atoms with Crippen molar-refractivity contribution >= 4 is 35.5 Å². The van der Waals surface area contributed by atoms with Gasteiger partial charge in [-0.1, -0.05) is 0 Å². The largest absolute Gasteiger partial charge is 0.480 e. The second-order valence-corrected chi connectivity index (χ2v) is 7.60. The predicted octanol–water partition coefficient (Wildman–Crippen LogP) is -4.12. The van der Waals surface area contributed by atoms with E-state index in [9.17, 15) is 39.0 Å². The molecule has 5 atom stereocenters. The third kappa shape index (κ3) is 7.77. The van der Waals surface area contributed by atoms with Crippen LogP contribution in [-0.4, -0.2) is 87.4 Å². The molecule has 5 amide bonds.